The molecule has 2 N–H and O–H groups in total. The molecule has 0 aromatic rings. The van der Waals surface area contributed by atoms with E-state index in [2.05, 4.69) is 19.8 Å². The van der Waals surface area contributed by atoms with Crippen molar-refractivity contribution >= 4 is 0 Å². The van der Waals surface area contributed by atoms with Crippen molar-refractivity contribution in [2.45, 2.75) is 89.8 Å². The molecule has 24 heavy (non-hydrogen) atoms. The Balaban J connectivity index is 1.58. The monoisotopic (exact) mass is 330 g/mol. The summed E-state index contributed by atoms with van der Waals surface area (Å²) in [6.07, 6.45) is 16.4. The largest absolute Gasteiger partial charge is 0.386 e. The zero-order valence-electron chi connectivity index (χ0n) is 15.4. The van der Waals surface area contributed by atoms with Crippen molar-refractivity contribution in [2.75, 3.05) is 0 Å². The Bertz CT molecular complexity index is 551. The number of aliphatic hydroxyl groups excluding tert-OH is 1. The van der Waals surface area contributed by atoms with Gasteiger partial charge in [0.25, 0.3) is 0 Å². The lowest BCUT2D eigenvalue weighted by molar-refractivity contribution is -0.167. The highest BCUT2D eigenvalue weighted by Crippen LogP contribution is 2.66. The Labute approximate surface area is 147 Å². The van der Waals surface area contributed by atoms with Crippen molar-refractivity contribution in [3.8, 4) is 12.3 Å². The normalized spacial score (nSPS) is 55.0. The van der Waals surface area contributed by atoms with Gasteiger partial charge in [0.15, 0.2) is 0 Å². The summed E-state index contributed by atoms with van der Waals surface area (Å²) < 4.78 is 0. The van der Waals surface area contributed by atoms with Gasteiger partial charge in [0.05, 0.1) is 0 Å². The van der Waals surface area contributed by atoms with Crippen LogP contribution in [-0.2, 0) is 0 Å². The number of fused-ring (bicyclic) bond motifs is 5. The van der Waals surface area contributed by atoms with Crippen molar-refractivity contribution in [3.05, 3.63) is 0 Å². The Morgan fingerprint density at radius 3 is 2.54 bits per heavy atom. The molecular weight excluding hydrogens is 296 g/mol. The number of aliphatic hydroxyl groups is 2. The molecule has 4 rings (SSSR count). The topological polar surface area (TPSA) is 40.5 Å². The zero-order valence-corrected chi connectivity index (χ0v) is 15.4. The first kappa shape index (κ1) is 16.9. The first-order valence-corrected chi connectivity index (χ1v) is 10.2. The SMILES string of the molecule is C#CC(O)C1(O)CC[C@@]2(C)[C@@H](CC[C@H]3[C@@H]4CCC[C@@]4(C)CC[C@@H]32)C1. The van der Waals surface area contributed by atoms with Gasteiger partial charge in [-0.1, -0.05) is 26.2 Å². The maximum Gasteiger partial charge on any atom is 0.143 e. The molecule has 4 aliphatic carbocycles. The van der Waals surface area contributed by atoms with Crippen molar-refractivity contribution in [2.24, 2.45) is 34.5 Å². The van der Waals surface area contributed by atoms with E-state index in [0.717, 1.165) is 24.2 Å². The summed E-state index contributed by atoms with van der Waals surface area (Å²) in [6, 6.07) is 0. The van der Waals surface area contributed by atoms with Gasteiger partial charge in [-0.15, -0.1) is 6.42 Å². The van der Waals surface area contributed by atoms with E-state index in [4.69, 9.17) is 6.42 Å². The van der Waals surface area contributed by atoms with E-state index in [-0.39, 0.29) is 0 Å². The third-order valence-corrected chi connectivity index (χ3v) is 9.21. The van der Waals surface area contributed by atoms with E-state index in [1.165, 1.54) is 44.9 Å². The lowest BCUT2D eigenvalue weighted by atomic mass is 9.44. The van der Waals surface area contributed by atoms with Crippen molar-refractivity contribution in [1.29, 1.82) is 0 Å². The molecule has 0 saturated heterocycles. The molecule has 0 amide bonds. The highest BCUT2D eigenvalue weighted by atomic mass is 16.3. The van der Waals surface area contributed by atoms with Gasteiger partial charge in [-0.2, -0.15) is 0 Å². The van der Waals surface area contributed by atoms with E-state index in [9.17, 15) is 10.2 Å². The van der Waals surface area contributed by atoms with Crippen LogP contribution >= 0.6 is 0 Å². The first-order chi connectivity index (χ1) is 11.3. The number of terminal acetylenes is 1. The van der Waals surface area contributed by atoms with Crippen LogP contribution in [0.5, 0.6) is 0 Å². The summed E-state index contributed by atoms with van der Waals surface area (Å²) in [4.78, 5) is 0. The molecule has 0 aromatic heterocycles. The van der Waals surface area contributed by atoms with Crippen LogP contribution in [0, 0.1) is 46.8 Å². The maximum absolute atomic E-state index is 10.9. The summed E-state index contributed by atoms with van der Waals surface area (Å²) >= 11 is 0. The number of hydrogen-bond donors (Lipinski definition) is 2. The highest BCUT2D eigenvalue weighted by molar-refractivity contribution is 5.13. The van der Waals surface area contributed by atoms with Crippen LogP contribution < -0.4 is 0 Å². The molecule has 2 unspecified atom stereocenters. The smallest absolute Gasteiger partial charge is 0.143 e. The first-order valence-electron chi connectivity index (χ1n) is 10.2. The van der Waals surface area contributed by atoms with E-state index in [1.807, 2.05) is 0 Å². The highest BCUT2D eigenvalue weighted by Gasteiger charge is 2.59. The number of hydrogen-bond acceptors (Lipinski definition) is 2. The average molecular weight is 331 g/mol. The van der Waals surface area contributed by atoms with Gasteiger partial charge in [0, 0.05) is 0 Å². The molecule has 4 aliphatic rings. The minimum Gasteiger partial charge on any atom is -0.386 e. The summed E-state index contributed by atoms with van der Waals surface area (Å²) in [5, 5.41) is 21.0. The predicted molar refractivity (Wildman–Crippen MR) is 96.1 cm³/mol. The van der Waals surface area contributed by atoms with Gasteiger partial charge in [-0.05, 0) is 92.3 Å². The predicted octanol–water partition coefficient (Wildman–Crippen LogP) is 4.14. The van der Waals surface area contributed by atoms with Crippen LogP contribution in [0.25, 0.3) is 0 Å². The fourth-order valence-electron chi connectivity index (χ4n) is 7.67. The molecule has 8 atom stereocenters. The van der Waals surface area contributed by atoms with Crippen molar-refractivity contribution in [1.82, 2.24) is 0 Å². The Morgan fingerprint density at radius 1 is 1.00 bits per heavy atom. The van der Waals surface area contributed by atoms with Crippen molar-refractivity contribution < 1.29 is 10.2 Å². The Morgan fingerprint density at radius 2 is 1.79 bits per heavy atom. The molecule has 2 heteroatoms. The van der Waals surface area contributed by atoms with Crippen molar-refractivity contribution in [3.63, 3.8) is 0 Å². The van der Waals surface area contributed by atoms with Crippen LogP contribution in [0.15, 0.2) is 0 Å². The van der Waals surface area contributed by atoms with Gasteiger partial charge in [-0.25, -0.2) is 0 Å². The zero-order chi connectivity index (χ0) is 17.2. The molecular formula is C22H34O2. The molecule has 0 spiro atoms. The quantitative estimate of drug-likeness (QED) is 0.709. The van der Waals surface area contributed by atoms with E-state index in [0.29, 0.717) is 29.6 Å². The third kappa shape index (κ3) is 2.24. The van der Waals surface area contributed by atoms with Crippen LogP contribution in [0.4, 0.5) is 0 Å². The van der Waals surface area contributed by atoms with Gasteiger partial charge in [0.2, 0.25) is 0 Å². The molecule has 134 valence electrons. The molecule has 0 radical (unpaired) electrons. The summed E-state index contributed by atoms with van der Waals surface area (Å²) in [6.45, 7) is 5.05. The second-order valence-electron chi connectivity index (χ2n) is 10.1. The molecule has 2 nitrogen and oxygen atoms in total. The lowest BCUT2D eigenvalue weighted by Gasteiger charge is -2.61. The second kappa shape index (κ2) is 5.49. The maximum atomic E-state index is 10.9. The molecule has 4 fully saturated rings. The molecule has 0 bridgehead atoms. The molecule has 0 aromatic carbocycles. The Kier molecular flexibility index (Phi) is 3.87. The molecule has 0 heterocycles. The van der Waals surface area contributed by atoms with Crippen LogP contribution in [-0.4, -0.2) is 21.9 Å². The van der Waals surface area contributed by atoms with E-state index < -0.39 is 11.7 Å². The average Bonchev–Trinajstić information content (AvgIpc) is 2.96. The fraction of sp³-hybridized carbons (Fsp3) is 0.909. The fourth-order valence-corrected chi connectivity index (χ4v) is 7.67. The minimum absolute atomic E-state index is 0.341. The molecule has 0 aliphatic heterocycles. The summed E-state index contributed by atoms with van der Waals surface area (Å²) in [7, 11) is 0. The van der Waals surface area contributed by atoms with Gasteiger partial charge in [-0.3, -0.25) is 0 Å². The summed E-state index contributed by atoms with van der Waals surface area (Å²) in [5.41, 5.74) is -0.102. The van der Waals surface area contributed by atoms with Crippen LogP contribution in [0.2, 0.25) is 0 Å². The van der Waals surface area contributed by atoms with Gasteiger partial charge < -0.3 is 10.2 Å². The van der Waals surface area contributed by atoms with E-state index in [1.54, 1.807) is 0 Å². The third-order valence-electron chi connectivity index (χ3n) is 9.21. The minimum atomic E-state index is -1.05. The van der Waals surface area contributed by atoms with E-state index >= 15 is 0 Å². The Hall–Kier alpha value is -0.520. The lowest BCUT2D eigenvalue weighted by Crippen LogP contribution is -2.57. The molecule has 4 saturated carbocycles. The standard InChI is InChI=1S/C22H34O2/c1-4-19(23)22(24)13-12-21(3)15(14-22)7-8-16-17-6-5-10-20(17,2)11-9-18(16)21/h1,15-19,23-24H,5-14H2,2-3H3/t15-,16-,17-,18-,19?,20-,21-,22?/m0/s1. The second-order valence-corrected chi connectivity index (χ2v) is 10.1. The van der Waals surface area contributed by atoms with Gasteiger partial charge >= 0.3 is 0 Å². The summed E-state index contributed by atoms with van der Waals surface area (Å²) in [5.74, 6) is 5.55. The van der Waals surface area contributed by atoms with Crippen LogP contribution in [0.3, 0.4) is 0 Å². The van der Waals surface area contributed by atoms with Gasteiger partial charge in [0.1, 0.15) is 11.7 Å². The van der Waals surface area contributed by atoms with Crippen LogP contribution in [0.1, 0.15) is 78.1 Å². The number of rotatable bonds is 1.